The van der Waals surface area contributed by atoms with Gasteiger partial charge in [-0.3, -0.25) is 4.79 Å². The number of benzene rings is 2. The molecule has 0 spiro atoms. The molecule has 23 heavy (non-hydrogen) atoms. The maximum absolute atomic E-state index is 12.2. The van der Waals surface area contributed by atoms with E-state index in [1.54, 1.807) is 30.3 Å². The van der Waals surface area contributed by atoms with Gasteiger partial charge in [0.25, 0.3) is 5.91 Å². The van der Waals surface area contributed by atoms with Crippen LogP contribution in [0.2, 0.25) is 0 Å². The average Bonchev–Trinajstić information content (AvgIpc) is 2.48. The Bertz CT molecular complexity index is 787. The molecule has 0 aliphatic carbocycles. The number of alkyl halides is 3. The number of halogens is 3. The van der Waals surface area contributed by atoms with Gasteiger partial charge in [0.1, 0.15) is 5.75 Å². The zero-order valence-electron chi connectivity index (χ0n) is 11.4. The molecule has 0 saturated carbocycles. The molecular formula is C14H10F3NO4S. The van der Waals surface area contributed by atoms with Crippen LogP contribution in [0.3, 0.4) is 0 Å². The molecule has 0 aromatic heterocycles. The minimum atomic E-state index is -5.72. The predicted octanol–water partition coefficient (Wildman–Crippen LogP) is 3.17. The van der Waals surface area contributed by atoms with Crippen molar-refractivity contribution in [2.24, 2.45) is 0 Å². The summed E-state index contributed by atoms with van der Waals surface area (Å²) in [6.07, 6.45) is 0. The lowest BCUT2D eigenvalue weighted by atomic mass is 10.2. The van der Waals surface area contributed by atoms with Gasteiger partial charge < -0.3 is 9.50 Å². The number of hydrogen-bond acceptors (Lipinski definition) is 4. The van der Waals surface area contributed by atoms with Crippen LogP contribution in [0, 0.1) is 0 Å². The Balaban J connectivity index is 2.07. The molecule has 0 aliphatic heterocycles. The second-order valence-electron chi connectivity index (χ2n) is 4.33. The second-order valence-corrected chi connectivity index (χ2v) is 5.87. The highest BCUT2D eigenvalue weighted by molar-refractivity contribution is 7.88. The fourth-order valence-electron chi connectivity index (χ4n) is 1.56. The van der Waals surface area contributed by atoms with Gasteiger partial charge in [-0.05, 0) is 36.4 Å². The van der Waals surface area contributed by atoms with Gasteiger partial charge in [0, 0.05) is 11.3 Å². The van der Waals surface area contributed by atoms with E-state index in [-0.39, 0.29) is 5.69 Å². The van der Waals surface area contributed by atoms with Crippen molar-refractivity contribution in [3.05, 3.63) is 60.2 Å². The molecule has 122 valence electrons. The van der Waals surface area contributed by atoms with Crippen LogP contribution in [-0.4, -0.2) is 19.8 Å². The van der Waals surface area contributed by atoms with E-state index in [0.717, 1.165) is 12.1 Å². The van der Waals surface area contributed by atoms with Gasteiger partial charge in [0.05, 0.1) is 0 Å². The summed E-state index contributed by atoms with van der Waals surface area (Å²) in [7, 11) is -5.72. The lowest BCUT2D eigenvalue weighted by molar-refractivity contribution is -0.0500. The summed E-state index contributed by atoms with van der Waals surface area (Å²) in [6, 6.07) is 12.7. The van der Waals surface area contributed by atoms with Crippen molar-refractivity contribution in [3.8, 4) is 5.75 Å². The van der Waals surface area contributed by atoms with Crippen LogP contribution in [0.4, 0.5) is 18.9 Å². The summed E-state index contributed by atoms with van der Waals surface area (Å²) in [5.74, 6) is -0.929. The van der Waals surface area contributed by atoms with Gasteiger partial charge in [-0.2, -0.15) is 21.6 Å². The monoisotopic (exact) mass is 345 g/mol. The largest absolute Gasteiger partial charge is 0.534 e. The Kier molecular flexibility index (Phi) is 4.60. The average molecular weight is 345 g/mol. The van der Waals surface area contributed by atoms with Crippen molar-refractivity contribution >= 4 is 21.7 Å². The highest BCUT2D eigenvalue weighted by atomic mass is 32.2. The molecular weight excluding hydrogens is 335 g/mol. The molecule has 0 atom stereocenters. The molecule has 2 rings (SSSR count). The fraction of sp³-hybridized carbons (Fsp3) is 0.0714. The maximum Gasteiger partial charge on any atom is 0.534 e. The summed E-state index contributed by atoms with van der Waals surface area (Å²) in [5.41, 5.74) is -4.84. The lowest BCUT2D eigenvalue weighted by Gasteiger charge is -2.10. The zero-order valence-corrected chi connectivity index (χ0v) is 12.2. The highest BCUT2D eigenvalue weighted by Crippen LogP contribution is 2.27. The molecule has 1 N–H and O–H groups in total. The van der Waals surface area contributed by atoms with Crippen molar-refractivity contribution in [2.45, 2.75) is 5.51 Å². The van der Waals surface area contributed by atoms with Gasteiger partial charge in [0.2, 0.25) is 0 Å². The van der Waals surface area contributed by atoms with Gasteiger partial charge in [-0.25, -0.2) is 0 Å². The van der Waals surface area contributed by atoms with Crippen molar-refractivity contribution < 1.29 is 30.6 Å². The molecule has 0 fully saturated rings. The molecule has 9 heteroatoms. The minimum Gasteiger partial charge on any atom is -0.376 e. The first kappa shape index (κ1) is 16.8. The molecule has 0 heterocycles. The smallest absolute Gasteiger partial charge is 0.376 e. The quantitative estimate of drug-likeness (QED) is 0.682. The Hall–Kier alpha value is -2.55. The Morgan fingerprint density at radius 2 is 1.52 bits per heavy atom. The maximum atomic E-state index is 12.2. The topological polar surface area (TPSA) is 72.5 Å². The number of amides is 1. The van der Waals surface area contributed by atoms with E-state index in [1.165, 1.54) is 12.1 Å². The fourth-order valence-corrected chi connectivity index (χ4v) is 2.02. The first-order valence-electron chi connectivity index (χ1n) is 6.16. The molecule has 2 aromatic carbocycles. The third kappa shape index (κ3) is 4.22. The minimum absolute atomic E-state index is 0.274. The predicted molar refractivity (Wildman–Crippen MR) is 76.4 cm³/mol. The van der Waals surface area contributed by atoms with Crippen LogP contribution in [-0.2, 0) is 10.1 Å². The SMILES string of the molecule is O=C(Nc1ccc(OS(=O)(=O)C(F)(F)F)cc1)c1ccccc1. The summed E-state index contributed by atoms with van der Waals surface area (Å²) in [5, 5.41) is 2.51. The van der Waals surface area contributed by atoms with Crippen LogP contribution in [0.1, 0.15) is 10.4 Å². The molecule has 0 aliphatic rings. The van der Waals surface area contributed by atoms with Crippen molar-refractivity contribution in [1.29, 1.82) is 0 Å². The molecule has 2 aromatic rings. The van der Waals surface area contributed by atoms with Crippen molar-refractivity contribution in [3.63, 3.8) is 0 Å². The van der Waals surface area contributed by atoms with Gasteiger partial charge in [-0.1, -0.05) is 18.2 Å². The van der Waals surface area contributed by atoms with E-state index in [4.69, 9.17) is 0 Å². The number of carbonyl (C=O) groups is 1. The molecule has 0 saturated heterocycles. The third-order valence-electron chi connectivity index (χ3n) is 2.64. The van der Waals surface area contributed by atoms with Crippen LogP contribution in [0.25, 0.3) is 0 Å². The number of rotatable bonds is 4. The summed E-state index contributed by atoms with van der Waals surface area (Å²) in [4.78, 5) is 11.9. The number of anilines is 1. The normalized spacial score (nSPS) is 11.8. The van der Waals surface area contributed by atoms with Gasteiger partial charge >= 0.3 is 15.6 Å². The van der Waals surface area contributed by atoms with Crippen molar-refractivity contribution in [1.82, 2.24) is 0 Å². The summed E-state index contributed by atoms with van der Waals surface area (Å²) >= 11 is 0. The lowest BCUT2D eigenvalue weighted by Crippen LogP contribution is -2.28. The number of nitrogens with one attached hydrogen (secondary N) is 1. The van der Waals surface area contributed by atoms with Crippen LogP contribution in [0.15, 0.2) is 54.6 Å². The molecule has 5 nitrogen and oxygen atoms in total. The van der Waals surface area contributed by atoms with Crippen LogP contribution >= 0.6 is 0 Å². The second kappa shape index (κ2) is 6.29. The van der Waals surface area contributed by atoms with Gasteiger partial charge in [-0.15, -0.1) is 0 Å². The zero-order chi connectivity index (χ0) is 17.1. The van der Waals surface area contributed by atoms with E-state index in [2.05, 4.69) is 9.50 Å². The standard InChI is InChI=1S/C14H10F3NO4S/c15-14(16,17)23(20,21)22-12-8-6-11(7-9-12)18-13(19)10-4-2-1-3-5-10/h1-9H,(H,18,19). The Morgan fingerprint density at radius 1 is 0.957 bits per heavy atom. The molecule has 0 radical (unpaired) electrons. The van der Waals surface area contributed by atoms with E-state index in [0.29, 0.717) is 5.56 Å². The van der Waals surface area contributed by atoms with E-state index in [9.17, 15) is 26.4 Å². The van der Waals surface area contributed by atoms with Crippen LogP contribution in [0.5, 0.6) is 5.75 Å². The molecule has 1 amide bonds. The summed E-state index contributed by atoms with van der Waals surface area (Å²) in [6.45, 7) is 0. The van der Waals surface area contributed by atoms with Crippen molar-refractivity contribution in [2.75, 3.05) is 5.32 Å². The van der Waals surface area contributed by atoms with Crippen LogP contribution < -0.4 is 9.50 Å². The Morgan fingerprint density at radius 3 is 2.04 bits per heavy atom. The number of hydrogen-bond donors (Lipinski definition) is 1. The summed E-state index contributed by atoms with van der Waals surface area (Å²) < 4.78 is 62.2. The van der Waals surface area contributed by atoms with E-state index in [1.807, 2.05) is 0 Å². The molecule has 0 unspecified atom stereocenters. The first-order chi connectivity index (χ1) is 10.7. The van der Waals surface area contributed by atoms with E-state index >= 15 is 0 Å². The van der Waals surface area contributed by atoms with Gasteiger partial charge in [0.15, 0.2) is 0 Å². The highest BCUT2D eigenvalue weighted by Gasteiger charge is 2.48. The molecule has 0 bridgehead atoms. The Labute approximate surface area is 129 Å². The van der Waals surface area contributed by atoms with E-state index < -0.39 is 27.3 Å². The third-order valence-corrected chi connectivity index (χ3v) is 3.62. The number of carbonyl (C=O) groups excluding carboxylic acids is 1. The first-order valence-corrected chi connectivity index (χ1v) is 7.57.